The minimum Gasteiger partial charge on any atom is -0.457 e. The fourth-order valence-electron chi connectivity index (χ4n) is 7.90. The molecule has 1 aliphatic rings. The first-order chi connectivity index (χ1) is 24.4. The fourth-order valence-corrected chi connectivity index (χ4v) is 7.90. The highest BCUT2D eigenvalue weighted by molar-refractivity contribution is 6.12. The van der Waals surface area contributed by atoms with Crippen LogP contribution in [0, 0.1) is 5.92 Å². The van der Waals surface area contributed by atoms with Gasteiger partial charge in [-0.2, -0.15) is 0 Å². The quantitative estimate of drug-likeness (QED) is 0.131. The zero-order valence-electron chi connectivity index (χ0n) is 30.4. The summed E-state index contributed by atoms with van der Waals surface area (Å²) in [5.41, 5.74) is 7.39. The number of para-hydroxylation sites is 2. The van der Waals surface area contributed by atoms with Gasteiger partial charge in [0.25, 0.3) is 0 Å². The van der Waals surface area contributed by atoms with E-state index in [1.807, 2.05) is 18.3 Å². The van der Waals surface area contributed by atoms with Crippen molar-refractivity contribution in [3.63, 3.8) is 0 Å². The first-order valence-electron chi connectivity index (χ1n) is 18.6. The Morgan fingerprint density at radius 3 is 2.08 bits per heavy atom. The Morgan fingerprint density at radius 2 is 1.38 bits per heavy atom. The molecule has 0 spiro atoms. The molecule has 0 saturated carbocycles. The van der Waals surface area contributed by atoms with E-state index in [2.05, 4.69) is 142 Å². The van der Waals surface area contributed by atoms with Gasteiger partial charge < -0.3 is 9.64 Å². The third-order valence-corrected chi connectivity index (χ3v) is 10.2. The van der Waals surface area contributed by atoms with Gasteiger partial charge in [0.05, 0.1) is 17.1 Å². The van der Waals surface area contributed by atoms with Crippen LogP contribution in [0.1, 0.15) is 95.8 Å². The first kappa shape index (κ1) is 33.6. The third kappa shape index (κ3) is 6.42. The maximum atomic E-state index is 6.68. The van der Waals surface area contributed by atoms with Crippen LogP contribution in [0.2, 0.25) is 0 Å². The molecule has 1 atom stereocenters. The molecule has 0 radical (unpaired) electrons. The van der Waals surface area contributed by atoms with Gasteiger partial charge in [-0.25, -0.2) is 4.98 Å². The molecule has 0 bridgehead atoms. The number of benzene rings is 4. The van der Waals surface area contributed by atoms with E-state index in [0.717, 1.165) is 46.3 Å². The van der Waals surface area contributed by atoms with Crippen LogP contribution in [-0.4, -0.2) is 28.0 Å². The Morgan fingerprint density at radius 1 is 0.700 bits per heavy atom. The molecule has 0 fully saturated rings. The van der Waals surface area contributed by atoms with E-state index in [1.54, 1.807) is 0 Å². The molecule has 5 heteroatoms. The van der Waals surface area contributed by atoms with E-state index in [1.165, 1.54) is 53.3 Å². The molecule has 0 amide bonds. The van der Waals surface area contributed by atoms with Crippen molar-refractivity contribution in [1.29, 1.82) is 0 Å². The van der Waals surface area contributed by atoms with Gasteiger partial charge in [-0.3, -0.25) is 9.56 Å². The van der Waals surface area contributed by atoms with Gasteiger partial charge in [0.2, 0.25) is 0 Å². The highest BCUT2D eigenvalue weighted by Crippen LogP contribution is 2.40. The Balaban J connectivity index is 1.30. The molecule has 50 heavy (non-hydrogen) atoms. The molecular formula is C45H50N4O. The van der Waals surface area contributed by atoms with E-state index >= 15 is 0 Å². The highest BCUT2D eigenvalue weighted by atomic mass is 16.5. The SMILES string of the molecule is CCCC(CCC)[C@H]1CN(c2c(C(C)C)cccc2C(C)C)C(c2cccc(Oc3ccc4c5ccccc5n(-c5ccccn5)c4c3)c2)=N1. The Hall–Kier alpha value is -4.90. The number of aromatic nitrogens is 2. The summed E-state index contributed by atoms with van der Waals surface area (Å²) >= 11 is 0. The van der Waals surface area contributed by atoms with Crippen LogP contribution >= 0.6 is 0 Å². The number of fused-ring (bicyclic) bond motifs is 3. The Labute approximate surface area is 297 Å². The van der Waals surface area contributed by atoms with Crippen LogP contribution in [-0.2, 0) is 0 Å². The van der Waals surface area contributed by atoms with Crippen molar-refractivity contribution >= 4 is 33.3 Å². The van der Waals surface area contributed by atoms with Gasteiger partial charge in [-0.05, 0) is 84.2 Å². The lowest BCUT2D eigenvalue weighted by molar-refractivity contribution is 0.376. The summed E-state index contributed by atoms with van der Waals surface area (Å²) < 4.78 is 8.91. The van der Waals surface area contributed by atoms with E-state index in [9.17, 15) is 0 Å². The normalized spacial score (nSPS) is 14.9. The third-order valence-electron chi connectivity index (χ3n) is 10.2. The lowest BCUT2D eigenvalue weighted by Crippen LogP contribution is -2.34. The van der Waals surface area contributed by atoms with E-state index < -0.39 is 0 Å². The lowest BCUT2D eigenvalue weighted by Gasteiger charge is -2.30. The van der Waals surface area contributed by atoms with Gasteiger partial charge >= 0.3 is 0 Å². The number of hydrogen-bond acceptors (Lipinski definition) is 4. The second kappa shape index (κ2) is 14.5. The van der Waals surface area contributed by atoms with Crippen molar-refractivity contribution in [1.82, 2.24) is 9.55 Å². The number of hydrogen-bond donors (Lipinski definition) is 0. The molecule has 0 aliphatic carbocycles. The number of aliphatic imine (C=N–C) groups is 1. The van der Waals surface area contributed by atoms with Crippen molar-refractivity contribution in [2.45, 2.75) is 85.1 Å². The van der Waals surface area contributed by atoms with Gasteiger partial charge in [0, 0.05) is 40.8 Å². The minimum atomic E-state index is 0.255. The van der Waals surface area contributed by atoms with Crippen molar-refractivity contribution < 1.29 is 4.74 Å². The summed E-state index contributed by atoms with van der Waals surface area (Å²) in [7, 11) is 0. The number of ether oxygens (including phenoxy) is 1. The number of pyridine rings is 1. The maximum Gasteiger partial charge on any atom is 0.137 e. The standard InChI is InChI=1S/C45H50N4O/c1-7-15-32(16-8-2)40-29-48(44-36(30(3)4)20-14-21-37(44)31(5)6)45(47-40)33-17-13-18-34(27-33)50-35-24-25-39-38-19-9-10-22-41(38)49(42(39)28-35)43-23-11-12-26-46-43/h9-14,17-28,30-32,40H,7-8,15-16,29H2,1-6H3/t40-/m1/s1. The smallest absolute Gasteiger partial charge is 0.137 e. The summed E-state index contributed by atoms with van der Waals surface area (Å²) in [4.78, 5) is 12.8. The molecule has 256 valence electrons. The van der Waals surface area contributed by atoms with E-state index in [4.69, 9.17) is 14.7 Å². The van der Waals surface area contributed by atoms with Crippen molar-refractivity contribution in [3.05, 3.63) is 126 Å². The zero-order chi connectivity index (χ0) is 34.8. The molecule has 1 aliphatic heterocycles. The average molecular weight is 663 g/mol. The lowest BCUT2D eigenvalue weighted by atomic mass is 9.89. The van der Waals surface area contributed by atoms with Crippen LogP contribution in [0.5, 0.6) is 11.5 Å². The second-order valence-electron chi connectivity index (χ2n) is 14.4. The van der Waals surface area contributed by atoms with Crippen LogP contribution < -0.4 is 9.64 Å². The largest absolute Gasteiger partial charge is 0.457 e. The van der Waals surface area contributed by atoms with Crippen LogP contribution in [0.15, 0.2) is 114 Å². The molecule has 7 rings (SSSR count). The summed E-state index contributed by atoms with van der Waals surface area (Å²) in [6, 6.07) is 36.6. The van der Waals surface area contributed by atoms with Crippen molar-refractivity contribution in [2.24, 2.45) is 10.9 Å². The van der Waals surface area contributed by atoms with Gasteiger partial charge in [-0.1, -0.05) is 109 Å². The zero-order valence-corrected chi connectivity index (χ0v) is 30.4. The average Bonchev–Trinajstić information content (AvgIpc) is 3.71. The molecule has 0 N–H and O–H groups in total. The highest BCUT2D eigenvalue weighted by Gasteiger charge is 2.34. The predicted octanol–water partition coefficient (Wildman–Crippen LogP) is 12.1. The molecule has 0 unspecified atom stereocenters. The van der Waals surface area contributed by atoms with Gasteiger partial charge in [-0.15, -0.1) is 0 Å². The number of rotatable bonds is 12. The first-order valence-corrected chi connectivity index (χ1v) is 18.6. The Bertz CT molecular complexity index is 2090. The summed E-state index contributed by atoms with van der Waals surface area (Å²) in [6.07, 6.45) is 6.61. The predicted molar refractivity (Wildman–Crippen MR) is 211 cm³/mol. The van der Waals surface area contributed by atoms with Crippen LogP contribution in [0.4, 0.5) is 5.69 Å². The molecule has 4 aromatic carbocycles. The molecule has 5 nitrogen and oxygen atoms in total. The van der Waals surface area contributed by atoms with E-state index in [-0.39, 0.29) is 6.04 Å². The molecule has 0 saturated heterocycles. The summed E-state index contributed by atoms with van der Waals surface area (Å²) in [5, 5.41) is 2.37. The van der Waals surface area contributed by atoms with Gasteiger partial charge in [0.1, 0.15) is 23.2 Å². The molecular weight excluding hydrogens is 613 g/mol. The summed E-state index contributed by atoms with van der Waals surface area (Å²) in [6.45, 7) is 14.7. The van der Waals surface area contributed by atoms with Gasteiger partial charge in [0.15, 0.2) is 0 Å². The van der Waals surface area contributed by atoms with E-state index in [0.29, 0.717) is 17.8 Å². The summed E-state index contributed by atoms with van der Waals surface area (Å²) in [5.74, 6) is 4.90. The Kier molecular flexibility index (Phi) is 9.76. The maximum absolute atomic E-state index is 6.68. The number of amidine groups is 1. The second-order valence-corrected chi connectivity index (χ2v) is 14.4. The molecule has 3 heterocycles. The number of anilines is 1. The fraction of sp³-hybridized carbons (Fsp3) is 0.333. The van der Waals surface area contributed by atoms with Crippen LogP contribution in [0.3, 0.4) is 0 Å². The molecule has 6 aromatic rings. The topological polar surface area (TPSA) is 42.6 Å². The van der Waals surface area contributed by atoms with Crippen molar-refractivity contribution in [2.75, 3.05) is 11.4 Å². The monoisotopic (exact) mass is 662 g/mol. The van der Waals surface area contributed by atoms with Crippen LogP contribution in [0.25, 0.3) is 27.6 Å². The minimum absolute atomic E-state index is 0.255. The molecule has 2 aromatic heterocycles. The number of nitrogens with zero attached hydrogens (tertiary/aromatic N) is 4. The van der Waals surface area contributed by atoms with Crippen molar-refractivity contribution in [3.8, 4) is 17.3 Å².